The minimum atomic E-state index is 0.00806. The molecule has 0 bridgehead atoms. The number of hydrogen-bond acceptors (Lipinski definition) is 4. The molecule has 0 radical (unpaired) electrons. The molecular formula is C15H20N2O3. The lowest BCUT2D eigenvalue weighted by Gasteiger charge is -2.20. The third-order valence-electron chi connectivity index (χ3n) is 4.32. The van der Waals surface area contributed by atoms with Crippen molar-refractivity contribution in [3.8, 4) is 11.5 Å². The molecule has 3 rings (SSSR count). The standard InChI is InChI=1S/C15H20N2O3/c1-19-12-4-3-5-13(20-2)14(12)15(18)17-8-10-6-16-7-11(10)9-17/h3-5,10-11,16H,6-9H2,1-2H3/t10-,11+. The number of hydrogen-bond donors (Lipinski definition) is 1. The number of carbonyl (C=O) groups is 1. The van der Waals surface area contributed by atoms with E-state index in [0.29, 0.717) is 28.9 Å². The van der Waals surface area contributed by atoms with Crippen LogP contribution in [0.2, 0.25) is 0 Å². The van der Waals surface area contributed by atoms with E-state index in [9.17, 15) is 4.79 Å². The lowest BCUT2D eigenvalue weighted by molar-refractivity contribution is 0.0774. The number of carbonyl (C=O) groups excluding carboxylic acids is 1. The Kier molecular flexibility index (Phi) is 3.53. The largest absolute Gasteiger partial charge is 0.496 e. The summed E-state index contributed by atoms with van der Waals surface area (Å²) in [5.41, 5.74) is 0.533. The van der Waals surface area contributed by atoms with Crippen molar-refractivity contribution in [2.75, 3.05) is 40.4 Å². The molecule has 2 fully saturated rings. The normalized spacial score (nSPS) is 24.6. The van der Waals surface area contributed by atoms with Gasteiger partial charge in [-0.25, -0.2) is 0 Å². The zero-order valence-electron chi connectivity index (χ0n) is 11.9. The second-order valence-electron chi connectivity index (χ2n) is 5.43. The lowest BCUT2D eigenvalue weighted by Crippen LogP contribution is -2.32. The molecule has 2 aliphatic heterocycles. The van der Waals surface area contributed by atoms with E-state index in [0.717, 1.165) is 26.2 Å². The molecule has 0 aromatic heterocycles. The molecule has 1 amide bonds. The number of fused-ring (bicyclic) bond motifs is 1. The summed E-state index contributed by atoms with van der Waals surface area (Å²) in [5, 5.41) is 3.38. The highest BCUT2D eigenvalue weighted by Crippen LogP contribution is 2.33. The van der Waals surface area contributed by atoms with Gasteiger partial charge in [-0.1, -0.05) is 6.07 Å². The average Bonchev–Trinajstić information content (AvgIpc) is 3.06. The molecule has 1 aromatic rings. The number of methoxy groups -OCH3 is 2. The molecule has 2 aliphatic rings. The van der Waals surface area contributed by atoms with Crippen LogP contribution in [0.25, 0.3) is 0 Å². The van der Waals surface area contributed by atoms with Gasteiger partial charge < -0.3 is 19.7 Å². The Bertz CT molecular complexity index is 484. The maximum atomic E-state index is 12.8. The molecule has 2 atom stereocenters. The lowest BCUT2D eigenvalue weighted by atomic mass is 10.0. The van der Waals surface area contributed by atoms with Gasteiger partial charge in [0, 0.05) is 26.2 Å². The first-order valence-electron chi connectivity index (χ1n) is 6.95. The molecule has 1 N–H and O–H groups in total. The van der Waals surface area contributed by atoms with E-state index in [2.05, 4.69) is 5.32 Å². The summed E-state index contributed by atoms with van der Waals surface area (Å²) in [6.07, 6.45) is 0. The molecule has 2 saturated heterocycles. The van der Waals surface area contributed by atoms with Crippen molar-refractivity contribution in [2.45, 2.75) is 0 Å². The molecule has 1 aromatic carbocycles. The predicted molar refractivity (Wildman–Crippen MR) is 75.3 cm³/mol. The van der Waals surface area contributed by atoms with E-state index in [1.54, 1.807) is 26.4 Å². The second kappa shape index (κ2) is 5.32. The van der Waals surface area contributed by atoms with Gasteiger partial charge >= 0.3 is 0 Å². The van der Waals surface area contributed by atoms with E-state index in [1.165, 1.54) is 0 Å². The Labute approximate surface area is 118 Å². The SMILES string of the molecule is COc1cccc(OC)c1C(=O)N1C[C@H]2CNC[C@H]2C1. The van der Waals surface area contributed by atoms with Crippen LogP contribution in [0.3, 0.4) is 0 Å². The first-order valence-corrected chi connectivity index (χ1v) is 6.95. The number of likely N-dealkylation sites (tertiary alicyclic amines) is 1. The molecule has 0 aliphatic carbocycles. The monoisotopic (exact) mass is 276 g/mol. The summed E-state index contributed by atoms with van der Waals surface area (Å²) in [5.74, 6) is 2.32. The number of nitrogens with one attached hydrogen (secondary N) is 1. The quantitative estimate of drug-likeness (QED) is 0.894. The van der Waals surface area contributed by atoms with Crippen LogP contribution in [-0.2, 0) is 0 Å². The van der Waals surface area contributed by atoms with Crippen molar-refractivity contribution in [1.82, 2.24) is 10.2 Å². The molecule has 0 spiro atoms. The highest BCUT2D eigenvalue weighted by atomic mass is 16.5. The van der Waals surface area contributed by atoms with Gasteiger partial charge in [0.25, 0.3) is 5.91 Å². The van der Waals surface area contributed by atoms with Crippen LogP contribution < -0.4 is 14.8 Å². The number of nitrogens with zero attached hydrogens (tertiary/aromatic N) is 1. The predicted octanol–water partition coefficient (Wildman–Crippen LogP) is 0.995. The summed E-state index contributed by atoms with van der Waals surface area (Å²) < 4.78 is 10.6. The van der Waals surface area contributed by atoms with E-state index in [1.807, 2.05) is 11.0 Å². The Hall–Kier alpha value is -1.75. The third-order valence-corrected chi connectivity index (χ3v) is 4.32. The van der Waals surface area contributed by atoms with Gasteiger partial charge in [0.15, 0.2) is 0 Å². The minimum Gasteiger partial charge on any atom is -0.496 e. The summed E-state index contributed by atoms with van der Waals surface area (Å²) in [7, 11) is 3.16. The molecular weight excluding hydrogens is 256 g/mol. The fourth-order valence-electron chi connectivity index (χ4n) is 3.24. The number of amides is 1. The minimum absolute atomic E-state index is 0.00806. The molecule has 0 unspecified atom stereocenters. The fraction of sp³-hybridized carbons (Fsp3) is 0.533. The van der Waals surface area contributed by atoms with E-state index in [4.69, 9.17) is 9.47 Å². The van der Waals surface area contributed by atoms with Crippen LogP contribution in [0.15, 0.2) is 18.2 Å². The van der Waals surface area contributed by atoms with Gasteiger partial charge in [-0.15, -0.1) is 0 Å². The van der Waals surface area contributed by atoms with E-state index in [-0.39, 0.29) is 5.91 Å². The maximum Gasteiger partial charge on any atom is 0.261 e. The highest BCUT2D eigenvalue weighted by molar-refractivity contribution is 6.00. The molecule has 108 valence electrons. The summed E-state index contributed by atoms with van der Waals surface area (Å²) >= 11 is 0. The van der Waals surface area contributed by atoms with Crippen molar-refractivity contribution >= 4 is 5.91 Å². The molecule has 5 nitrogen and oxygen atoms in total. The summed E-state index contributed by atoms with van der Waals surface area (Å²) in [6.45, 7) is 3.66. The van der Waals surface area contributed by atoms with Crippen LogP contribution >= 0.6 is 0 Å². The smallest absolute Gasteiger partial charge is 0.261 e. The summed E-state index contributed by atoms with van der Waals surface area (Å²) in [4.78, 5) is 14.7. The Morgan fingerprint density at radius 2 is 1.70 bits per heavy atom. The van der Waals surface area contributed by atoms with Gasteiger partial charge in [-0.3, -0.25) is 4.79 Å². The number of benzene rings is 1. The van der Waals surface area contributed by atoms with Crippen LogP contribution in [0.4, 0.5) is 0 Å². The first kappa shape index (κ1) is 13.2. The van der Waals surface area contributed by atoms with Gasteiger partial charge in [0.2, 0.25) is 0 Å². The molecule has 5 heteroatoms. The van der Waals surface area contributed by atoms with Gasteiger partial charge in [0.1, 0.15) is 17.1 Å². The van der Waals surface area contributed by atoms with Crippen molar-refractivity contribution in [1.29, 1.82) is 0 Å². The topological polar surface area (TPSA) is 50.8 Å². The molecule has 20 heavy (non-hydrogen) atoms. The van der Waals surface area contributed by atoms with Crippen molar-refractivity contribution in [2.24, 2.45) is 11.8 Å². The average molecular weight is 276 g/mol. The van der Waals surface area contributed by atoms with E-state index >= 15 is 0 Å². The summed E-state index contributed by atoms with van der Waals surface area (Å²) in [6, 6.07) is 5.43. The zero-order valence-corrected chi connectivity index (χ0v) is 11.9. The van der Waals surface area contributed by atoms with Gasteiger partial charge in [0.05, 0.1) is 14.2 Å². The maximum absolute atomic E-state index is 12.8. The second-order valence-corrected chi connectivity index (χ2v) is 5.43. The van der Waals surface area contributed by atoms with Gasteiger partial charge in [-0.05, 0) is 24.0 Å². The Morgan fingerprint density at radius 1 is 1.15 bits per heavy atom. The van der Waals surface area contributed by atoms with Gasteiger partial charge in [-0.2, -0.15) is 0 Å². The highest BCUT2D eigenvalue weighted by Gasteiger charge is 2.39. The number of ether oxygens (including phenoxy) is 2. The van der Waals surface area contributed by atoms with Crippen molar-refractivity contribution in [3.63, 3.8) is 0 Å². The Balaban J connectivity index is 1.87. The first-order chi connectivity index (χ1) is 9.74. The Morgan fingerprint density at radius 3 is 2.20 bits per heavy atom. The van der Waals surface area contributed by atoms with Crippen LogP contribution in [0.1, 0.15) is 10.4 Å². The van der Waals surface area contributed by atoms with E-state index < -0.39 is 0 Å². The van der Waals surface area contributed by atoms with Crippen molar-refractivity contribution < 1.29 is 14.3 Å². The fourth-order valence-corrected chi connectivity index (χ4v) is 3.24. The van der Waals surface area contributed by atoms with Crippen LogP contribution in [0, 0.1) is 11.8 Å². The number of rotatable bonds is 3. The molecule has 2 heterocycles. The van der Waals surface area contributed by atoms with Crippen molar-refractivity contribution in [3.05, 3.63) is 23.8 Å². The van der Waals surface area contributed by atoms with Crippen LogP contribution in [-0.4, -0.2) is 51.2 Å². The zero-order chi connectivity index (χ0) is 14.1. The van der Waals surface area contributed by atoms with Crippen LogP contribution in [0.5, 0.6) is 11.5 Å². The third kappa shape index (κ3) is 2.12. The molecule has 0 saturated carbocycles.